The fraction of sp³-hybridized carbons (Fsp3) is 0.316. The van der Waals surface area contributed by atoms with E-state index in [1.54, 1.807) is 23.2 Å². The lowest BCUT2D eigenvalue weighted by Crippen LogP contribution is -2.49. The molecule has 1 aromatic carbocycles. The number of Topliss-reactive ketones (excluding diaryl/α,β-unsaturated/α-hetero) is 1. The van der Waals surface area contributed by atoms with Gasteiger partial charge in [-0.05, 0) is 31.2 Å². The van der Waals surface area contributed by atoms with E-state index in [1.807, 2.05) is 18.2 Å². The summed E-state index contributed by atoms with van der Waals surface area (Å²) >= 11 is 1.16. The minimum atomic E-state index is -0.463. The van der Waals surface area contributed by atoms with Crippen LogP contribution in [0.15, 0.2) is 47.5 Å². The number of anilines is 1. The van der Waals surface area contributed by atoms with Crippen LogP contribution >= 0.6 is 11.8 Å². The Morgan fingerprint density at radius 1 is 1.15 bits per heavy atom. The molecule has 2 aromatic rings. The van der Waals surface area contributed by atoms with Gasteiger partial charge in [0, 0.05) is 42.8 Å². The number of rotatable bonds is 5. The van der Waals surface area contributed by atoms with E-state index >= 15 is 0 Å². The second-order valence-corrected chi connectivity index (χ2v) is 7.06. The Balaban J connectivity index is 1.51. The maximum absolute atomic E-state index is 14.0. The topological polar surface area (TPSA) is 53.5 Å². The number of halogens is 1. The molecule has 0 atom stereocenters. The quantitative estimate of drug-likeness (QED) is 0.596. The van der Waals surface area contributed by atoms with Gasteiger partial charge in [0.15, 0.2) is 5.78 Å². The highest BCUT2D eigenvalue weighted by Gasteiger charge is 2.22. The third-order valence-corrected chi connectivity index (χ3v) is 5.33. The van der Waals surface area contributed by atoms with Gasteiger partial charge in [0.1, 0.15) is 11.6 Å². The molecule has 1 fully saturated rings. The van der Waals surface area contributed by atoms with E-state index in [-0.39, 0.29) is 17.4 Å². The first kappa shape index (κ1) is 18.4. The van der Waals surface area contributed by atoms with Crippen molar-refractivity contribution in [3.05, 3.63) is 54.0 Å². The van der Waals surface area contributed by atoms with E-state index < -0.39 is 5.82 Å². The zero-order valence-corrected chi connectivity index (χ0v) is 15.3. The van der Waals surface area contributed by atoms with Crippen LogP contribution in [0.2, 0.25) is 0 Å². The van der Waals surface area contributed by atoms with Crippen molar-refractivity contribution < 1.29 is 14.0 Å². The zero-order chi connectivity index (χ0) is 18.5. The van der Waals surface area contributed by atoms with Crippen LogP contribution in [0.1, 0.15) is 17.3 Å². The average Bonchev–Trinajstić information content (AvgIpc) is 2.67. The molecular weight excluding hydrogens is 353 g/mol. The predicted octanol–water partition coefficient (Wildman–Crippen LogP) is 2.86. The summed E-state index contributed by atoms with van der Waals surface area (Å²) in [5, 5.41) is 0. The number of hydrogen-bond donors (Lipinski definition) is 0. The number of nitrogens with zero attached hydrogens (tertiary/aromatic N) is 3. The van der Waals surface area contributed by atoms with Crippen molar-refractivity contribution in [1.82, 2.24) is 9.88 Å². The number of piperazine rings is 1. The number of carbonyl (C=O) groups is 2. The zero-order valence-electron chi connectivity index (χ0n) is 14.5. The van der Waals surface area contributed by atoms with Gasteiger partial charge in [0.25, 0.3) is 0 Å². The van der Waals surface area contributed by atoms with Crippen molar-refractivity contribution in [3.63, 3.8) is 0 Å². The van der Waals surface area contributed by atoms with Crippen LogP contribution in [-0.4, -0.2) is 53.5 Å². The first-order chi connectivity index (χ1) is 12.5. The third-order valence-electron chi connectivity index (χ3n) is 4.30. The molecule has 2 heterocycles. The minimum absolute atomic E-state index is 0.00860. The molecule has 26 heavy (non-hydrogen) atoms. The lowest BCUT2D eigenvalue weighted by Gasteiger charge is -2.35. The Labute approximate surface area is 156 Å². The van der Waals surface area contributed by atoms with Crippen LogP contribution in [0, 0.1) is 5.82 Å². The molecule has 7 heteroatoms. The Morgan fingerprint density at radius 2 is 1.92 bits per heavy atom. The number of carbonyl (C=O) groups excluding carboxylic acids is 2. The highest BCUT2D eigenvalue weighted by atomic mass is 32.2. The van der Waals surface area contributed by atoms with Gasteiger partial charge in [0.2, 0.25) is 5.91 Å². The second kappa shape index (κ2) is 8.31. The van der Waals surface area contributed by atoms with Crippen LogP contribution in [0.4, 0.5) is 10.2 Å². The van der Waals surface area contributed by atoms with Crippen molar-refractivity contribution in [2.24, 2.45) is 0 Å². The maximum Gasteiger partial charge on any atom is 0.233 e. The molecule has 1 aliphatic heterocycles. The van der Waals surface area contributed by atoms with Crippen molar-refractivity contribution in [2.75, 3.05) is 36.8 Å². The summed E-state index contributed by atoms with van der Waals surface area (Å²) < 4.78 is 14.0. The smallest absolute Gasteiger partial charge is 0.233 e. The molecule has 3 rings (SSSR count). The van der Waals surface area contributed by atoms with E-state index in [0.717, 1.165) is 30.7 Å². The fourth-order valence-corrected chi connectivity index (χ4v) is 3.62. The molecule has 0 N–H and O–H groups in total. The molecule has 1 amide bonds. The average molecular weight is 373 g/mol. The standard InChI is InChI=1S/C19H20FN3O2S/c1-14(24)15-5-6-17(16(20)12-15)26-13-19(25)23-10-8-22(9-11-23)18-4-2-3-7-21-18/h2-7,12H,8-11,13H2,1H3. The summed E-state index contributed by atoms with van der Waals surface area (Å²) in [6.45, 7) is 4.11. The largest absolute Gasteiger partial charge is 0.353 e. The number of hydrogen-bond acceptors (Lipinski definition) is 5. The van der Waals surface area contributed by atoms with Gasteiger partial charge in [-0.15, -0.1) is 11.8 Å². The summed E-state index contributed by atoms with van der Waals surface area (Å²) in [7, 11) is 0. The van der Waals surface area contributed by atoms with Crippen LogP contribution in [-0.2, 0) is 4.79 Å². The van der Waals surface area contributed by atoms with Crippen molar-refractivity contribution in [3.8, 4) is 0 Å². The number of aromatic nitrogens is 1. The van der Waals surface area contributed by atoms with Crippen molar-refractivity contribution in [1.29, 1.82) is 0 Å². The lowest BCUT2D eigenvalue weighted by atomic mass is 10.1. The number of pyridine rings is 1. The Bertz CT molecular complexity index is 793. The highest BCUT2D eigenvalue weighted by molar-refractivity contribution is 8.00. The van der Waals surface area contributed by atoms with Crippen molar-refractivity contribution in [2.45, 2.75) is 11.8 Å². The molecule has 1 aromatic heterocycles. The Hall–Kier alpha value is -2.41. The predicted molar refractivity (Wildman–Crippen MR) is 100 cm³/mol. The van der Waals surface area contributed by atoms with Crippen LogP contribution in [0.5, 0.6) is 0 Å². The van der Waals surface area contributed by atoms with Crippen LogP contribution in [0.25, 0.3) is 0 Å². The van der Waals surface area contributed by atoms with E-state index in [4.69, 9.17) is 0 Å². The lowest BCUT2D eigenvalue weighted by molar-refractivity contribution is -0.128. The molecule has 136 valence electrons. The SMILES string of the molecule is CC(=O)c1ccc(SCC(=O)N2CCN(c3ccccn3)CC2)c(F)c1. The van der Waals surface area contributed by atoms with E-state index in [1.165, 1.54) is 13.0 Å². The van der Waals surface area contributed by atoms with Crippen molar-refractivity contribution >= 4 is 29.3 Å². The van der Waals surface area contributed by atoms with Gasteiger partial charge in [-0.1, -0.05) is 12.1 Å². The fourth-order valence-electron chi connectivity index (χ4n) is 2.79. The van der Waals surface area contributed by atoms with Crippen LogP contribution < -0.4 is 4.90 Å². The third kappa shape index (κ3) is 4.40. The Morgan fingerprint density at radius 3 is 2.54 bits per heavy atom. The molecule has 1 saturated heterocycles. The summed E-state index contributed by atoms with van der Waals surface area (Å²) in [5.41, 5.74) is 0.337. The van der Waals surface area contributed by atoms with Gasteiger partial charge >= 0.3 is 0 Å². The molecule has 0 saturated carbocycles. The number of amides is 1. The summed E-state index contributed by atoms with van der Waals surface area (Å²) in [4.78, 5) is 32.3. The minimum Gasteiger partial charge on any atom is -0.353 e. The summed E-state index contributed by atoms with van der Waals surface area (Å²) in [5.74, 6) is 0.449. The van der Waals surface area contributed by atoms with Gasteiger partial charge in [0.05, 0.1) is 5.75 Å². The van der Waals surface area contributed by atoms with E-state index in [9.17, 15) is 14.0 Å². The van der Waals surface area contributed by atoms with Gasteiger partial charge < -0.3 is 9.80 Å². The molecule has 0 spiro atoms. The van der Waals surface area contributed by atoms with Crippen LogP contribution in [0.3, 0.4) is 0 Å². The first-order valence-electron chi connectivity index (χ1n) is 8.41. The molecule has 1 aliphatic rings. The monoisotopic (exact) mass is 373 g/mol. The molecular formula is C19H20FN3O2S. The van der Waals surface area contributed by atoms with E-state index in [2.05, 4.69) is 9.88 Å². The first-order valence-corrected chi connectivity index (χ1v) is 9.40. The number of thioether (sulfide) groups is 1. The molecule has 0 radical (unpaired) electrons. The molecule has 5 nitrogen and oxygen atoms in total. The normalized spacial score (nSPS) is 14.4. The summed E-state index contributed by atoms with van der Waals surface area (Å²) in [6, 6.07) is 10.2. The Kier molecular flexibility index (Phi) is 5.88. The number of ketones is 1. The summed E-state index contributed by atoms with van der Waals surface area (Å²) in [6.07, 6.45) is 1.76. The molecule has 0 bridgehead atoms. The molecule has 0 unspecified atom stereocenters. The second-order valence-electron chi connectivity index (χ2n) is 6.05. The van der Waals surface area contributed by atoms with E-state index in [0.29, 0.717) is 23.5 Å². The van der Waals surface area contributed by atoms with Gasteiger partial charge in [-0.3, -0.25) is 9.59 Å². The molecule has 0 aliphatic carbocycles. The van der Waals surface area contributed by atoms with Gasteiger partial charge in [-0.25, -0.2) is 9.37 Å². The maximum atomic E-state index is 14.0. The highest BCUT2D eigenvalue weighted by Crippen LogP contribution is 2.23. The number of benzene rings is 1. The van der Waals surface area contributed by atoms with Gasteiger partial charge in [-0.2, -0.15) is 0 Å².